The molecule has 0 unspecified atom stereocenters. The molecule has 36 heavy (non-hydrogen) atoms. The summed E-state index contributed by atoms with van der Waals surface area (Å²) in [4.78, 5) is 30.7. The molecule has 5 rings (SSSR count). The normalized spacial score (nSPS) is 14.4. The zero-order valence-electron chi connectivity index (χ0n) is 20.8. The number of hydrogen-bond acceptors (Lipinski definition) is 6. The number of pyridine rings is 1. The van der Waals surface area contributed by atoms with Crippen LogP contribution >= 0.6 is 0 Å². The molecule has 8 nitrogen and oxygen atoms in total. The van der Waals surface area contributed by atoms with E-state index in [1.807, 2.05) is 29.5 Å². The van der Waals surface area contributed by atoms with Crippen LogP contribution in [0.3, 0.4) is 0 Å². The van der Waals surface area contributed by atoms with Crippen LogP contribution in [-0.4, -0.2) is 68.3 Å². The van der Waals surface area contributed by atoms with E-state index in [-0.39, 0.29) is 5.91 Å². The second-order valence-electron chi connectivity index (χ2n) is 9.22. The summed E-state index contributed by atoms with van der Waals surface area (Å²) in [5.41, 5.74) is 5.86. The SMILES string of the molecule is Cc1cc(NC(=O)c2cncc(C#Cc3cnc4ccnc(C)n34)c2)ccc1CN1CCN(C)CC1. The number of fused-ring (bicyclic) bond motifs is 1. The van der Waals surface area contributed by atoms with Gasteiger partial charge in [0.25, 0.3) is 5.91 Å². The Bertz CT molecular complexity index is 1470. The molecule has 0 saturated carbocycles. The predicted octanol–water partition coefficient (Wildman–Crippen LogP) is 3.14. The molecule has 0 atom stereocenters. The summed E-state index contributed by atoms with van der Waals surface area (Å²) in [6.45, 7) is 9.29. The lowest BCUT2D eigenvalue weighted by atomic mass is 10.1. The molecule has 0 aliphatic carbocycles. The van der Waals surface area contributed by atoms with Crippen molar-refractivity contribution in [3.05, 3.63) is 88.9 Å². The zero-order chi connectivity index (χ0) is 25.1. The summed E-state index contributed by atoms with van der Waals surface area (Å²) in [7, 11) is 2.16. The first-order valence-electron chi connectivity index (χ1n) is 12.0. The summed E-state index contributed by atoms with van der Waals surface area (Å²) < 4.78 is 1.90. The van der Waals surface area contributed by atoms with Gasteiger partial charge < -0.3 is 10.2 Å². The largest absolute Gasteiger partial charge is 0.322 e. The van der Waals surface area contributed by atoms with Crippen LogP contribution < -0.4 is 5.32 Å². The number of carbonyl (C=O) groups excluding carboxylic acids is 1. The number of imidazole rings is 1. The zero-order valence-corrected chi connectivity index (χ0v) is 20.8. The van der Waals surface area contributed by atoms with Crippen LogP contribution in [0, 0.1) is 25.7 Å². The van der Waals surface area contributed by atoms with Crippen molar-refractivity contribution in [3.63, 3.8) is 0 Å². The molecule has 8 heteroatoms. The molecule has 0 radical (unpaired) electrons. The highest BCUT2D eigenvalue weighted by atomic mass is 16.1. The maximum atomic E-state index is 12.9. The Hall–Kier alpha value is -4.06. The Morgan fingerprint density at radius 1 is 1.00 bits per heavy atom. The number of nitrogens with zero attached hydrogens (tertiary/aromatic N) is 6. The molecule has 0 spiro atoms. The summed E-state index contributed by atoms with van der Waals surface area (Å²) >= 11 is 0. The molecule has 1 aliphatic heterocycles. The highest BCUT2D eigenvalue weighted by Crippen LogP contribution is 2.19. The molecule has 1 aromatic carbocycles. The lowest BCUT2D eigenvalue weighted by Gasteiger charge is -2.32. The Kier molecular flexibility index (Phi) is 6.76. The van der Waals surface area contributed by atoms with Crippen molar-refractivity contribution in [1.82, 2.24) is 29.2 Å². The van der Waals surface area contributed by atoms with Crippen LogP contribution in [0.15, 0.2) is 55.1 Å². The number of anilines is 1. The van der Waals surface area contributed by atoms with E-state index in [0.29, 0.717) is 11.1 Å². The lowest BCUT2D eigenvalue weighted by Crippen LogP contribution is -2.43. The number of aromatic nitrogens is 4. The Labute approximate surface area is 211 Å². The van der Waals surface area contributed by atoms with Gasteiger partial charge in [-0.2, -0.15) is 0 Å². The van der Waals surface area contributed by atoms with Gasteiger partial charge in [0.1, 0.15) is 17.2 Å². The smallest absolute Gasteiger partial charge is 0.257 e. The number of carbonyl (C=O) groups is 1. The van der Waals surface area contributed by atoms with E-state index in [2.05, 4.69) is 61.9 Å². The predicted molar refractivity (Wildman–Crippen MR) is 140 cm³/mol. The van der Waals surface area contributed by atoms with Gasteiger partial charge in [-0.1, -0.05) is 12.0 Å². The minimum absolute atomic E-state index is 0.216. The van der Waals surface area contributed by atoms with Crippen LogP contribution in [0.2, 0.25) is 0 Å². The van der Waals surface area contributed by atoms with Crippen LogP contribution in [0.4, 0.5) is 5.69 Å². The third kappa shape index (κ3) is 5.28. The van der Waals surface area contributed by atoms with E-state index < -0.39 is 0 Å². The van der Waals surface area contributed by atoms with Crippen LogP contribution in [0.1, 0.15) is 38.6 Å². The first-order chi connectivity index (χ1) is 17.5. The highest BCUT2D eigenvalue weighted by Gasteiger charge is 2.15. The number of rotatable bonds is 4. The molecule has 4 aromatic rings. The van der Waals surface area contributed by atoms with Crippen LogP contribution in [0.25, 0.3) is 5.65 Å². The summed E-state index contributed by atoms with van der Waals surface area (Å²) in [5, 5.41) is 2.99. The fraction of sp³-hybridized carbons (Fsp3) is 0.286. The Morgan fingerprint density at radius 2 is 1.83 bits per heavy atom. The quantitative estimate of drug-likeness (QED) is 0.453. The van der Waals surface area contributed by atoms with E-state index in [1.165, 1.54) is 11.1 Å². The van der Waals surface area contributed by atoms with Gasteiger partial charge in [-0.25, -0.2) is 9.97 Å². The van der Waals surface area contributed by atoms with Crippen molar-refractivity contribution in [1.29, 1.82) is 0 Å². The molecule has 1 amide bonds. The number of aryl methyl sites for hydroxylation is 2. The molecule has 3 aromatic heterocycles. The first kappa shape index (κ1) is 23.7. The maximum Gasteiger partial charge on any atom is 0.257 e. The van der Waals surface area contributed by atoms with Gasteiger partial charge in [-0.3, -0.25) is 19.1 Å². The third-order valence-corrected chi connectivity index (χ3v) is 6.52. The molecular weight excluding hydrogens is 450 g/mol. The van der Waals surface area contributed by atoms with E-state index in [0.717, 1.165) is 55.6 Å². The van der Waals surface area contributed by atoms with Gasteiger partial charge in [-0.15, -0.1) is 0 Å². The summed E-state index contributed by atoms with van der Waals surface area (Å²) in [6, 6.07) is 9.69. The minimum atomic E-state index is -0.216. The van der Waals surface area contributed by atoms with Gasteiger partial charge in [-0.05, 0) is 62.2 Å². The van der Waals surface area contributed by atoms with Crippen molar-refractivity contribution >= 4 is 17.2 Å². The topological polar surface area (TPSA) is 78.7 Å². The molecule has 1 fully saturated rings. The molecule has 4 heterocycles. The van der Waals surface area contributed by atoms with Gasteiger partial charge in [0, 0.05) is 62.6 Å². The van der Waals surface area contributed by atoms with Crippen molar-refractivity contribution in [2.24, 2.45) is 0 Å². The average Bonchev–Trinajstić information content (AvgIpc) is 3.30. The van der Waals surface area contributed by atoms with Crippen molar-refractivity contribution < 1.29 is 4.79 Å². The van der Waals surface area contributed by atoms with Gasteiger partial charge in [0.15, 0.2) is 0 Å². The number of nitrogens with one attached hydrogen (secondary N) is 1. The van der Waals surface area contributed by atoms with Crippen molar-refractivity contribution in [2.45, 2.75) is 20.4 Å². The number of amides is 1. The fourth-order valence-corrected chi connectivity index (χ4v) is 4.35. The molecule has 1 aliphatic rings. The third-order valence-electron chi connectivity index (χ3n) is 6.52. The number of likely N-dealkylation sites (N-methyl/N-ethyl adjacent to an activating group) is 1. The second kappa shape index (κ2) is 10.3. The maximum absolute atomic E-state index is 12.9. The molecule has 0 bridgehead atoms. The van der Waals surface area contributed by atoms with E-state index in [1.54, 1.807) is 30.9 Å². The van der Waals surface area contributed by atoms with Crippen LogP contribution in [-0.2, 0) is 6.54 Å². The van der Waals surface area contributed by atoms with Gasteiger partial charge in [0.2, 0.25) is 0 Å². The van der Waals surface area contributed by atoms with Crippen molar-refractivity contribution in [3.8, 4) is 11.8 Å². The van der Waals surface area contributed by atoms with E-state index >= 15 is 0 Å². The minimum Gasteiger partial charge on any atom is -0.322 e. The lowest BCUT2D eigenvalue weighted by molar-refractivity contribution is 0.102. The Balaban J connectivity index is 1.27. The number of piperazine rings is 1. The molecular formula is C28H29N7O. The summed E-state index contributed by atoms with van der Waals surface area (Å²) in [6.07, 6.45) is 6.65. The number of benzene rings is 1. The standard InChI is InChI=1S/C28H29N7O/c1-20-14-25(6-5-23(20)19-34-12-10-33(3)11-13-34)32-28(36)24-15-22(16-29-17-24)4-7-26-18-31-27-8-9-30-21(2)35(26)27/h5-6,8-9,14-18H,10-13,19H2,1-3H3,(H,32,36). The average molecular weight is 480 g/mol. The molecule has 1 N–H and O–H groups in total. The van der Waals surface area contributed by atoms with Crippen molar-refractivity contribution in [2.75, 3.05) is 38.5 Å². The van der Waals surface area contributed by atoms with Crippen LogP contribution in [0.5, 0.6) is 0 Å². The van der Waals surface area contributed by atoms with Gasteiger partial charge >= 0.3 is 0 Å². The van der Waals surface area contributed by atoms with Gasteiger partial charge in [0.05, 0.1) is 11.8 Å². The number of hydrogen-bond donors (Lipinski definition) is 1. The fourth-order valence-electron chi connectivity index (χ4n) is 4.35. The molecule has 1 saturated heterocycles. The molecule has 182 valence electrons. The monoisotopic (exact) mass is 479 g/mol. The summed E-state index contributed by atoms with van der Waals surface area (Å²) in [5.74, 6) is 6.81. The highest BCUT2D eigenvalue weighted by molar-refractivity contribution is 6.04. The first-order valence-corrected chi connectivity index (χ1v) is 12.0. The Morgan fingerprint density at radius 3 is 2.64 bits per heavy atom. The second-order valence-corrected chi connectivity index (χ2v) is 9.22. The van der Waals surface area contributed by atoms with E-state index in [9.17, 15) is 4.79 Å². The van der Waals surface area contributed by atoms with E-state index in [4.69, 9.17) is 0 Å².